The summed E-state index contributed by atoms with van der Waals surface area (Å²) in [6, 6.07) is 14.2. The van der Waals surface area contributed by atoms with E-state index in [1.54, 1.807) is 36.1 Å². The molecule has 2 rings (SSSR count). The van der Waals surface area contributed by atoms with Gasteiger partial charge in [0.25, 0.3) is 5.91 Å². The minimum atomic E-state index is -0.625. The largest absolute Gasteiger partial charge is 0.484 e. The molecule has 29 heavy (non-hydrogen) atoms. The van der Waals surface area contributed by atoms with E-state index < -0.39 is 6.04 Å². The van der Waals surface area contributed by atoms with E-state index in [0.29, 0.717) is 17.3 Å². The minimum absolute atomic E-state index is 0.0450. The maximum absolute atomic E-state index is 13.0. The van der Waals surface area contributed by atoms with Gasteiger partial charge < -0.3 is 15.0 Å². The molecule has 0 aromatic heterocycles. The molecule has 0 bridgehead atoms. The SMILES string of the molecule is CC[C@H](C)NC(=O)[C@@H](C)N(Cc1cccc(C)c1)C(=O)COc1cccc(Cl)c1. The summed E-state index contributed by atoms with van der Waals surface area (Å²) in [5.74, 6) is 0.0689. The molecule has 0 spiro atoms. The fourth-order valence-electron chi connectivity index (χ4n) is 2.84. The summed E-state index contributed by atoms with van der Waals surface area (Å²) in [6.07, 6.45) is 0.822. The van der Waals surface area contributed by atoms with Gasteiger partial charge in [-0.2, -0.15) is 0 Å². The molecule has 0 fully saturated rings. The number of benzene rings is 2. The molecule has 0 aliphatic carbocycles. The van der Waals surface area contributed by atoms with Crippen molar-refractivity contribution in [3.05, 3.63) is 64.7 Å². The number of amides is 2. The van der Waals surface area contributed by atoms with E-state index in [2.05, 4.69) is 5.32 Å². The summed E-state index contributed by atoms with van der Waals surface area (Å²) in [6.45, 7) is 7.84. The number of nitrogens with zero attached hydrogens (tertiary/aromatic N) is 1. The number of carbonyl (C=O) groups excluding carboxylic acids is 2. The lowest BCUT2D eigenvalue weighted by molar-refractivity contribution is -0.142. The highest BCUT2D eigenvalue weighted by Crippen LogP contribution is 2.18. The van der Waals surface area contributed by atoms with Crippen LogP contribution in [0.3, 0.4) is 0 Å². The second-order valence-corrected chi connectivity index (χ2v) is 7.69. The van der Waals surface area contributed by atoms with Crippen LogP contribution in [0, 0.1) is 6.92 Å². The first-order valence-corrected chi connectivity index (χ1v) is 10.2. The number of nitrogens with one attached hydrogen (secondary N) is 1. The van der Waals surface area contributed by atoms with Crippen molar-refractivity contribution in [1.29, 1.82) is 0 Å². The Labute approximate surface area is 178 Å². The first-order chi connectivity index (χ1) is 13.8. The van der Waals surface area contributed by atoms with Crippen LogP contribution in [0.25, 0.3) is 0 Å². The minimum Gasteiger partial charge on any atom is -0.484 e. The highest BCUT2D eigenvalue weighted by Gasteiger charge is 2.27. The van der Waals surface area contributed by atoms with Crippen LogP contribution in [-0.4, -0.2) is 35.4 Å². The highest BCUT2D eigenvalue weighted by molar-refractivity contribution is 6.30. The van der Waals surface area contributed by atoms with Gasteiger partial charge >= 0.3 is 0 Å². The van der Waals surface area contributed by atoms with Crippen LogP contribution in [0.4, 0.5) is 0 Å². The third kappa shape index (κ3) is 7.09. The number of hydrogen-bond donors (Lipinski definition) is 1. The van der Waals surface area contributed by atoms with Crippen molar-refractivity contribution in [2.24, 2.45) is 0 Å². The number of rotatable bonds is 9. The van der Waals surface area contributed by atoms with E-state index in [-0.39, 0.29) is 24.5 Å². The van der Waals surface area contributed by atoms with Gasteiger partial charge in [0.15, 0.2) is 6.61 Å². The zero-order valence-corrected chi connectivity index (χ0v) is 18.2. The Balaban J connectivity index is 2.15. The van der Waals surface area contributed by atoms with Crippen molar-refractivity contribution < 1.29 is 14.3 Å². The zero-order valence-electron chi connectivity index (χ0n) is 17.4. The maximum atomic E-state index is 13.0. The van der Waals surface area contributed by atoms with Crippen LogP contribution in [0.15, 0.2) is 48.5 Å². The van der Waals surface area contributed by atoms with Crippen LogP contribution in [0.5, 0.6) is 5.75 Å². The lowest BCUT2D eigenvalue weighted by Gasteiger charge is -2.29. The number of carbonyl (C=O) groups is 2. The fraction of sp³-hybridized carbons (Fsp3) is 0.391. The molecule has 0 saturated heterocycles. The molecule has 2 aromatic carbocycles. The maximum Gasteiger partial charge on any atom is 0.261 e. The lowest BCUT2D eigenvalue weighted by Crippen LogP contribution is -2.50. The number of aryl methyl sites for hydroxylation is 1. The van der Waals surface area contributed by atoms with Gasteiger partial charge in [0.1, 0.15) is 11.8 Å². The van der Waals surface area contributed by atoms with Gasteiger partial charge in [-0.15, -0.1) is 0 Å². The smallest absolute Gasteiger partial charge is 0.261 e. The van der Waals surface area contributed by atoms with Crippen molar-refractivity contribution in [2.75, 3.05) is 6.61 Å². The molecular formula is C23H29ClN2O3. The Kier molecular flexibility index (Phi) is 8.52. The summed E-state index contributed by atoms with van der Waals surface area (Å²) in [7, 11) is 0. The van der Waals surface area contributed by atoms with Crippen LogP contribution in [0.1, 0.15) is 38.3 Å². The third-order valence-electron chi connectivity index (χ3n) is 4.76. The highest BCUT2D eigenvalue weighted by atomic mass is 35.5. The average molecular weight is 417 g/mol. The van der Waals surface area contributed by atoms with Crippen molar-refractivity contribution in [3.8, 4) is 5.75 Å². The standard InChI is InChI=1S/C23H29ClN2O3/c1-5-17(3)25-23(28)18(4)26(14-19-9-6-8-16(2)12-19)22(27)15-29-21-11-7-10-20(24)13-21/h6-13,17-18H,5,14-15H2,1-4H3,(H,25,28)/t17-,18+/m0/s1. The molecule has 0 unspecified atom stereocenters. The van der Waals surface area contributed by atoms with E-state index in [0.717, 1.165) is 17.5 Å². The van der Waals surface area contributed by atoms with Crippen LogP contribution in [-0.2, 0) is 16.1 Å². The first kappa shape index (κ1) is 22.8. The predicted molar refractivity (Wildman–Crippen MR) is 116 cm³/mol. The molecule has 1 N–H and O–H groups in total. The zero-order chi connectivity index (χ0) is 21.4. The summed E-state index contributed by atoms with van der Waals surface area (Å²) in [5, 5.41) is 3.49. The number of ether oxygens (including phenoxy) is 1. The Bertz CT molecular complexity index is 840. The van der Waals surface area contributed by atoms with E-state index in [4.69, 9.17) is 16.3 Å². The Morgan fingerprint density at radius 2 is 1.86 bits per heavy atom. The molecular weight excluding hydrogens is 388 g/mol. The fourth-order valence-corrected chi connectivity index (χ4v) is 3.02. The van der Waals surface area contributed by atoms with Crippen LogP contribution in [0.2, 0.25) is 5.02 Å². The van der Waals surface area contributed by atoms with Gasteiger partial charge in [0, 0.05) is 17.6 Å². The normalized spacial score (nSPS) is 12.7. The third-order valence-corrected chi connectivity index (χ3v) is 5.00. The summed E-state index contributed by atoms with van der Waals surface area (Å²) < 4.78 is 5.62. The summed E-state index contributed by atoms with van der Waals surface area (Å²) in [4.78, 5) is 27.2. The van der Waals surface area contributed by atoms with Gasteiger partial charge in [-0.05, 0) is 51.0 Å². The average Bonchev–Trinajstić information content (AvgIpc) is 2.69. The van der Waals surface area contributed by atoms with Crippen molar-refractivity contribution in [1.82, 2.24) is 10.2 Å². The predicted octanol–water partition coefficient (Wildman–Crippen LogP) is 4.36. The molecule has 5 nitrogen and oxygen atoms in total. The monoisotopic (exact) mass is 416 g/mol. The first-order valence-electron chi connectivity index (χ1n) is 9.84. The van der Waals surface area contributed by atoms with E-state index in [1.807, 2.05) is 45.0 Å². The molecule has 0 heterocycles. The molecule has 0 aliphatic rings. The van der Waals surface area contributed by atoms with Crippen molar-refractivity contribution >= 4 is 23.4 Å². The molecule has 2 amide bonds. The quantitative estimate of drug-likeness (QED) is 0.660. The Morgan fingerprint density at radius 3 is 2.52 bits per heavy atom. The van der Waals surface area contributed by atoms with Gasteiger partial charge in [-0.3, -0.25) is 9.59 Å². The molecule has 2 aromatic rings. The molecule has 156 valence electrons. The second kappa shape index (κ2) is 10.9. The summed E-state index contributed by atoms with van der Waals surface area (Å²) >= 11 is 5.97. The second-order valence-electron chi connectivity index (χ2n) is 7.25. The van der Waals surface area contributed by atoms with Crippen LogP contribution >= 0.6 is 11.6 Å². The van der Waals surface area contributed by atoms with Gasteiger partial charge in [0.05, 0.1) is 0 Å². The van der Waals surface area contributed by atoms with E-state index >= 15 is 0 Å². The van der Waals surface area contributed by atoms with Crippen LogP contribution < -0.4 is 10.1 Å². The molecule has 6 heteroatoms. The van der Waals surface area contributed by atoms with E-state index in [9.17, 15) is 9.59 Å². The number of hydrogen-bond acceptors (Lipinski definition) is 3. The molecule has 2 atom stereocenters. The lowest BCUT2D eigenvalue weighted by atomic mass is 10.1. The van der Waals surface area contributed by atoms with Gasteiger partial charge in [0.2, 0.25) is 5.91 Å². The Hall–Kier alpha value is -2.53. The molecule has 0 aliphatic heterocycles. The van der Waals surface area contributed by atoms with Gasteiger partial charge in [-0.25, -0.2) is 0 Å². The van der Waals surface area contributed by atoms with Crippen molar-refractivity contribution in [2.45, 2.75) is 52.7 Å². The summed E-state index contributed by atoms with van der Waals surface area (Å²) in [5.41, 5.74) is 2.06. The van der Waals surface area contributed by atoms with Crippen molar-refractivity contribution in [3.63, 3.8) is 0 Å². The number of halogens is 1. The van der Waals surface area contributed by atoms with E-state index in [1.165, 1.54) is 0 Å². The molecule has 0 radical (unpaired) electrons. The topological polar surface area (TPSA) is 58.6 Å². The molecule has 0 saturated carbocycles. The Morgan fingerprint density at radius 1 is 1.14 bits per heavy atom. The van der Waals surface area contributed by atoms with Gasteiger partial charge in [-0.1, -0.05) is 54.4 Å².